The predicted octanol–water partition coefficient (Wildman–Crippen LogP) is -0.115. The van der Waals surface area contributed by atoms with Crippen LogP contribution in [-0.4, -0.2) is 32.9 Å². The van der Waals surface area contributed by atoms with Crippen molar-refractivity contribution in [2.75, 3.05) is 13.1 Å². The van der Waals surface area contributed by atoms with Gasteiger partial charge in [0.2, 0.25) is 0 Å². The number of hydrogen-bond donors (Lipinski definition) is 2. The van der Waals surface area contributed by atoms with Crippen molar-refractivity contribution in [3.63, 3.8) is 0 Å². The van der Waals surface area contributed by atoms with E-state index in [2.05, 4.69) is 20.6 Å². The number of nitrogens with one attached hydrogen (secondary N) is 2. The van der Waals surface area contributed by atoms with Crippen LogP contribution in [0.2, 0.25) is 0 Å². The van der Waals surface area contributed by atoms with E-state index < -0.39 is 0 Å². The summed E-state index contributed by atoms with van der Waals surface area (Å²) in [5.74, 6) is 0.451. The van der Waals surface area contributed by atoms with E-state index in [9.17, 15) is 4.79 Å². The number of aromatic nitrogens is 4. The van der Waals surface area contributed by atoms with Crippen LogP contribution >= 0.6 is 0 Å². The van der Waals surface area contributed by atoms with Crippen molar-refractivity contribution >= 4 is 5.65 Å². The quantitative estimate of drug-likeness (QED) is 0.701. The van der Waals surface area contributed by atoms with Gasteiger partial charge in [-0.1, -0.05) is 0 Å². The number of nitrogens with zero attached hydrogens (tertiary/aromatic N) is 3. The minimum Gasteiger partial charge on any atom is -0.317 e. The Balaban J connectivity index is 2.03. The highest BCUT2D eigenvalue weighted by Crippen LogP contribution is 2.22. The SMILES string of the molecule is O=c1[nH]nc2ccc(C3CCNCC3)nn12. The summed E-state index contributed by atoms with van der Waals surface area (Å²) in [6.07, 6.45) is 2.15. The van der Waals surface area contributed by atoms with E-state index in [4.69, 9.17) is 0 Å². The van der Waals surface area contributed by atoms with Gasteiger partial charge in [0.25, 0.3) is 0 Å². The van der Waals surface area contributed by atoms with Gasteiger partial charge >= 0.3 is 5.69 Å². The van der Waals surface area contributed by atoms with Gasteiger partial charge in [-0.25, -0.2) is 9.89 Å². The Kier molecular flexibility index (Phi) is 2.21. The van der Waals surface area contributed by atoms with E-state index in [1.807, 2.05) is 12.1 Å². The first kappa shape index (κ1) is 9.53. The molecule has 0 aliphatic carbocycles. The molecule has 0 saturated carbocycles. The Morgan fingerprint density at radius 2 is 2.12 bits per heavy atom. The summed E-state index contributed by atoms with van der Waals surface area (Å²) in [6, 6.07) is 3.80. The molecule has 3 heterocycles. The third-order valence-electron chi connectivity index (χ3n) is 3.05. The molecule has 1 fully saturated rings. The Hall–Kier alpha value is -1.69. The monoisotopic (exact) mass is 219 g/mol. The van der Waals surface area contributed by atoms with Gasteiger partial charge in [0, 0.05) is 5.92 Å². The standard InChI is InChI=1S/C10H13N5O/c16-10-13-12-9-2-1-8(14-15(9)10)7-3-5-11-6-4-7/h1-2,7,11H,3-6H2,(H,13,16). The Bertz CT molecular complexity index is 552. The molecule has 0 spiro atoms. The zero-order valence-corrected chi connectivity index (χ0v) is 8.81. The van der Waals surface area contributed by atoms with Crippen molar-refractivity contribution in [2.24, 2.45) is 0 Å². The molecule has 0 atom stereocenters. The summed E-state index contributed by atoms with van der Waals surface area (Å²) in [4.78, 5) is 11.4. The minimum atomic E-state index is -0.272. The molecule has 0 aromatic carbocycles. The second kappa shape index (κ2) is 3.71. The maximum atomic E-state index is 11.4. The third-order valence-corrected chi connectivity index (χ3v) is 3.05. The third kappa shape index (κ3) is 1.51. The van der Waals surface area contributed by atoms with Gasteiger partial charge in [-0.3, -0.25) is 0 Å². The first-order chi connectivity index (χ1) is 7.84. The molecule has 2 aromatic rings. The van der Waals surface area contributed by atoms with Gasteiger partial charge < -0.3 is 5.32 Å². The molecule has 0 amide bonds. The van der Waals surface area contributed by atoms with E-state index in [-0.39, 0.29) is 5.69 Å². The summed E-state index contributed by atoms with van der Waals surface area (Å²) in [7, 11) is 0. The molecule has 1 saturated heterocycles. The highest BCUT2D eigenvalue weighted by atomic mass is 16.2. The first-order valence-electron chi connectivity index (χ1n) is 5.50. The second-order valence-electron chi connectivity index (χ2n) is 4.08. The number of aromatic amines is 1. The van der Waals surface area contributed by atoms with Gasteiger partial charge in [0.1, 0.15) is 0 Å². The number of piperidine rings is 1. The Morgan fingerprint density at radius 1 is 1.31 bits per heavy atom. The summed E-state index contributed by atoms with van der Waals surface area (Å²) < 4.78 is 1.33. The van der Waals surface area contributed by atoms with Crippen molar-refractivity contribution in [3.8, 4) is 0 Å². The second-order valence-corrected chi connectivity index (χ2v) is 4.08. The fraction of sp³-hybridized carbons (Fsp3) is 0.500. The van der Waals surface area contributed by atoms with E-state index in [1.165, 1.54) is 4.52 Å². The molecule has 84 valence electrons. The summed E-state index contributed by atoms with van der Waals surface area (Å²) in [6.45, 7) is 2.04. The Labute approximate surface area is 91.7 Å². The van der Waals surface area contributed by atoms with Crippen LogP contribution < -0.4 is 11.0 Å². The highest BCUT2D eigenvalue weighted by Gasteiger charge is 2.17. The van der Waals surface area contributed by atoms with Crippen molar-refractivity contribution in [1.82, 2.24) is 25.1 Å². The molecule has 0 bridgehead atoms. The van der Waals surface area contributed by atoms with Gasteiger partial charge in [0.15, 0.2) is 5.65 Å². The van der Waals surface area contributed by atoms with Crippen LogP contribution in [0.1, 0.15) is 24.5 Å². The van der Waals surface area contributed by atoms with Crippen LogP contribution in [0, 0.1) is 0 Å². The van der Waals surface area contributed by atoms with E-state index in [0.29, 0.717) is 11.6 Å². The first-order valence-corrected chi connectivity index (χ1v) is 5.50. The maximum absolute atomic E-state index is 11.4. The molecule has 3 rings (SSSR count). The average Bonchev–Trinajstić information content (AvgIpc) is 2.72. The van der Waals surface area contributed by atoms with Gasteiger partial charge in [-0.05, 0) is 38.1 Å². The van der Waals surface area contributed by atoms with E-state index in [0.717, 1.165) is 31.6 Å². The molecule has 1 aliphatic rings. The van der Waals surface area contributed by atoms with E-state index >= 15 is 0 Å². The summed E-state index contributed by atoms with van der Waals surface area (Å²) in [5.41, 5.74) is 1.28. The lowest BCUT2D eigenvalue weighted by molar-refractivity contribution is 0.449. The van der Waals surface area contributed by atoms with Gasteiger partial charge in [-0.2, -0.15) is 14.7 Å². The van der Waals surface area contributed by atoms with Crippen LogP contribution in [0.3, 0.4) is 0 Å². The predicted molar refractivity (Wildman–Crippen MR) is 58.5 cm³/mol. The minimum absolute atomic E-state index is 0.272. The molecule has 6 heteroatoms. The van der Waals surface area contributed by atoms with Crippen LogP contribution in [0.5, 0.6) is 0 Å². The maximum Gasteiger partial charge on any atom is 0.364 e. The average molecular weight is 219 g/mol. The number of rotatable bonds is 1. The van der Waals surface area contributed by atoms with Crippen LogP contribution in [0.25, 0.3) is 5.65 Å². The van der Waals surface area contributed by atoms with Crippen LogP contribution in [0.15, 0.2) is 16.9 Å². The molecule has 0 unspecified atom stereocenters. The zero-order chi connectivity index (χ0) is 11.0. The molecule has 2 N–H and O–H groups in total. The Morgan fingerprint density at radius 3 is 2.94 bits per heavy atom. The van der Waals surface area contributed by atoms with Gasteiger partial charge in [-0.15, -0.1) is 0 Å². The summed E-state index contributed by atoms with van der Waals surface area (Å²) in [5, 5.41) is 13.9. The van der Waals surface area contributed by atoms with Crippen molar-refractivity contribution < 1.29 is 0 Å². The molecular formula is C10H13N5O. The fourth-order valence-electron chi connectivity index (χ4n) is 2.15. The number of H-pyrrole nitrogens is 1. The van der Waals surface area contributed by atoms with Crippen molar-refractivity contribution in [3.05, 3.63) is 28.3 Å². The highest BCUT2D eigenvalue weighted by molar-refractivity contribution is 5.35. The normalized spacial score (nSPS) is 18.0. The molecular weight excluding hydrogens is 206 g/mol. The van der Waals surface area contributed by atoms with Crippen molar-refractivity contribution in [1.29, 1.82) is 0 Å². The largest absolute Gasteiger partial charge is 0.364 e. The smallest absolute Gasteiger partial charge is 0.317 e. The molecule has 1 aliphatic heterocycles. The zero-order valence-electron chi connectivity index (χ0n) is 8.81. The molecule has 16 heavy (non-hydrogen) atoms. The lowest BCUT2D eigenvalue weighted by Gasteiger charge is -2.21. The van der Waals surface area contributed by atoms with Crippen molar-refractivity contribution in [2.45, 2.75) is 18.8 Å². The fourth-order valence-corrected chi connectivity index (χ4v) is 2.15. The van der Waals surface area contributed by atoms with Crippen LogP contribution in [-0.2, 0) is 0 Å². The lowest BCUT2D eigenvalue weighted by atomic mass is 9.94. The number of hydrogen-bond acceptors (Lipinski definition) is 4. The molecule has 2 aromatic heterocycles. The van der Waals surface area contributed by atoms with Gasteiger partial charge in [0.05, 0.1) is 5.69 Å². The molecule has 6 nitrogen and oxygen atoms in total. The van der Waals surface area contributed by atoms with Crippen LogP contribution in [0.4, 0.5) is 0 Å². The van der Waals surface area contributed by atoms with E-state index in [1.54, 1.807) is 0 Å². The topological polar surface area (TPSA) is 75.1 Å². The lowest BCUT2D eigenvalue weighted by Crippen LogP contribution is -2.27. The summed E-state index contributed by atoms with van der Waals surface area (Å²) >= 11 is 0. The number of fused-ring (bicyclic) bond motifs is 1. The molecule has 0 radical (unpaired) electrons.